The first-order valence-corrected chi connectivity index (χ1v) is 10.2. The van der Waals surface area contributed by atoms with Crippen molar-refractivity contribution in [1.82, 2.24) is 0 Å². The molecule has 7 heteroatoms. The van der Waals surface area contributed by atoms with E-state index in [0.29, 0.717) is 5.56 Å². The van der Waals surface area contributed by atoms with Crippen LogP contribution in [-0.4, -0.2) is 30.0 Å². The minimum Gasteiger partial charge on any atom is -0.465 e. The monoisotopic (exact) mass is 421 g/mol. The van der Waals surface area contributed by atoms with Gasteiger partial charge in [0.15, 0.2) is 5.60 Å². The molecule has 1 aromatic heterocycles. The lowest BCUT2D eigenvalue weighted by molar-refractivity contribution is -0.139. The smallest absolute Gasteiger partial charge is 0.350 e. The number of hydrogen-bond donors (Lipinski definition) is 1. The second-order valence-electron chi connectivity index (χ2n) is 6.98. The topological polar surface area (TPSA) is 83.9 Å². The third kappa shape index (κ3) is 3.12. The minimum atomic E-state index is -2.05. The van der Waals surface area contributed by atoms with Crippen molar-refractivity contribution in [3.63, 3.8) is 0 Å². The fraction of sp³-hybridized carbons (Fsp3) is 0.174. The number of hydrogen-bond acceptors (Lipinski definition) is 6. The second kappa shape index (κ2) is 7.85. The maximum Gasteiger partial charge on any atom is 0.350 e. The van der Waals surface area contributed by atoms with E-state index >= 15 is 0 Å². The van der Waals surface area contributed by atoms with Crippen molar-refractivity contribution in [2.75, 3.05) is 12.0 Å². The zero-order valence-corrected chi connectivity index (χ0v) is 17.0. The van der Waals surface area contributed by atoms with Crippen molar-refractivity contribution in [3.8, 4) is 0 Å². The lowest BCUT2D eigenvalue weighted by atomic mass is 9.80. The number of aliphatic hydroxyl groups is 1. The van der Waals surface area contributed by atoms with Crippen LogP contribution in [0.1, 0.15) is 20.8 Å². The predicted molar refractivity (Wildman–Crippen MR) is 112 cm³/mol. The first-order chi connectivity index (χ1) is 14.5. The number of nitrogens with zero attached hydrogens (tertiary/aromatic N) is 1. The van der Waals surface area contributed by atoms with E-state index in [1.54, 1.807) is 35.7 Å². The summed E-state index contributed by atoms with van der Waals surface area (Å²) in [5, 5.41) is 13.3. The van der Waals surface area contributed by atoms with Gasteiger partial charge in [-0.2, -0.15) is 0 Å². The van der Waals surface area contributed by atoms with E-state index in [-0.39, 0.29) is 17.0 Å². The van der Waals surface area contributed by atoms with Crippen LogP contribution in [0.2, 0.25) is 0 Å². The Bertz CT molecular complexity index is 1100. The number of carbonyl (C=O) groups excluding carboxylic acids is 3. The summed E-state index contributed by atoms with van der Waals surface area (Å²) in [6, 6.07) is 19.2. The Morgan fingerprint density at radius 1 is 1.07 bits per heavy atom. The normalized spacial score (nSPS) is 21.1. The lowest BCUT2D eigenvalue weighted by Gasteiger charge is -2.26. The summed E-state index contributed by atoms with van der Waals surface area (Å²) in [6.07, 6.45) is 0.172. The number of amides is 2. The van der Waals surface area contributed by atoms with Crippen LogP contribution in [-0.2, 0) is 26.3 Å². The van der Waals surface area contributed by atoms with Gasteiger partial charge in [-0.15, -0.1) is 11.3 Å². The van der Waals surface area contributed by atoms with E-state index in [2.05, 4.69) is 0 Å². The van der Waals surface area contributed by atoms with Gasteiger partial charge in [0, 0.05) is 0 Å². The molecule has 2 heterocycles. The Kier molecular flexibility index (Phi) is 5.24. The SMILES string of the molecule is COC(=O)c1sccc1N1C(=O)[C@H](Cc2ccccc2)[C@@](O)(c2ccccc2)C1=O. The molecule has 0 aliphatic carbocycles. The summed E-state index contributed by atoms with van der Waals surface area (Å²) in [7, 11) is 1.23. The Balaban J connectivity index is 1.84. The van der Waals surface area contributed by atoms with Crippen LogP contribution in [0.25, 0.3) is 0 Å². The van der Waals surface area contributed by atoms with Crippen LogP contribution in [0.3, 0.4) is 0 Å². The van der Waals surface area contributed by atoms with Crippen molar-refractivity contribution in [1.29, 1.82) is 0 Å². The standard InChI is InChI=1S/C23H19NO5S/c1-29-21(26)19-18(12-13-30-19)24-20(25)17(14-15-8-4-2-5-9-15)23(28,22(24)27)16-10-6-3-7-11-16/h2-13,17,28H,14H2,1H3/t17-,23-/m0/s1. The lowest BCUT2D eigenvalue weighted by Crippen LogP contribution is -2.41. The summed E-state index contributed by atoms with van der Waals surface area (Å²) >= 11 is 1.07. The average molecular weight is 421 g/mol. The zero-order chi connectivity index (χ0) is 21.3. The number of carbonyl (C=O) groups is 3. The highest BCUT2D eigenvalue weighted by Crippen LogP contribution is 2.44. The summed E-state index contributed by atoms with van der Waals surface area (Å²) in [5.74, 6) is -3.02. The van der Waals surface area contributed by atoms with E-state index < -0.39 is 29.3 Å². The molecule has 0 bridgehead atoms. The van der Waals surface area contributed by atoms with Gasteiger partial charge in [-0.3, -0.25) is 9.59 Å². The van der Waals surface area contributed by atoms with Gasteiger partial charge in [0.05, 0.1) is 18.7 Å². The molecule has 3 aromatic rings. The maximum atomic E-state index is 13.5. The van der Waals surface area contributed by atoms with Crippen LogP contribution in [0.4, 0.5) is 5.69 Å². The highest BCUT2D eigenvalue weighted by Gasteiger charge is 2.60. The van der Waals surface area contributed by atoms with Crippen LogP contribution in [0.15, 0.2) is 72.1 Å². The molecule has 2 atom stereocenters. The molecule has 4 rings (SSSR count). The van der Waals surface area contributed by atoms with Gasteiger partial charge >= 0.3 is 5.97 Å². The third-order valence-corrected chi connectivity index (χ3v) is 6.19. The number of anilines is 1. The quantitative estimate of drug-likeness (QED) is 0.505. The predicted octanol–water partition coefficient (Wildman–Crippen LogP) is 3.15. The molecule has 1 fully saturated rings. The van der Waals surface area contributed by atoms with Crippen LogP contribution in [0, 0.1) is 5.92 Å². The van der Waals surface area contributed by atoms with Gasteiger partial charge in [-0.25, -0.2) is 9.69 Å². The molecule has 0 spiro atoms. The first kappa shape index (κ1) is 20.0. The fourth-order valence-electron chi connectivity index (χ4n) is 3.81. The Hall–Kier alpha value is -3.29. The van der Waals surface area contributed by atoms with E-state index in [1.807, 2.05) is 30.3 Å². The van der Waals surface area contributed by atoms with Gasteiger partial charge < -0.3 is 9.84 Å². The van der Waals surface area contributed by atoms with Gasteiger partial charge in [0.2, 0.25) is 5.91 Å². The number of thiophene rings is 1. The number of ether oxygens (including phenoxy) is 1. The Morgan fingerprint density at radius 2 is 1.70 bits per heavy atom. The largest absolute Gasteiger partial charge is 0.465 e. The molecule has 0 radical (unpaired) electrons. The average Bonchev–Trinajstić information content (AvgIpc) is 3.33. The van der Waals surface area contributed by atoms with E-state index in [0.717, 1.165) is 21.8 Å². The molecule has 1 aliphatic rings. The molecular formula is C23H19NO5S. The summed E-state index contributed by atoms with van der Waals surface area (Å²) in [5.41, 5.74) is -0.768. The number of imide groups is 1. The maximum absolute atomic E-state index is 13.5. The molecule has 152 valence electrons. The Labute approximate surface area is 177 Å². The molecule has 1 N–H and O–H groups in total. The summed E-state index contributed by atoms with van der Waals surface area (Å²) in [6.45, 7) is 0. The fourth-order valence-corrected chi connectivity index (χ4v) is 4.60. The van der Waals surface area contributed by atoms with E-state index in [9.17, 15) is 19.5 Å². The van der Waals surface area contributed by atoms with Crippen LogP contribution >= 0.6 is 11.3 Å². The number of benzene rings is 2. The number of methoxy groups -OCH3 is 1. The molecule has 0 saturated carbocycles. The highest BCUT2D eigenvalue weighted by molar-refractivity contribution is 7.12. The van der Waals surface area contributed by atoms with Crippen molar-refractivity contribution in [2.24, 2.45) is 5.92 Å². The molecule has 1 aliphatic heterocycles. The van der Waals surface area contributed by atoms with Crippen LogP contribution in [0.5, 0.6) is 0 Å². The summed E-state index contributed by atoms with van der Waals surface area (Å²) < 4.78 is 4.78. The number of esters is 1. The molecule has 2 aromatic carbocycles. The number of rotatable bonds is 5. The Morgan fingerprint density at radius 3 is 2.33 bits per heavy atom. The van der Waals surface area contributed by atoms with E-state index in [4.69, 9.17) is 4.74 Å². The first-order valence-electron chi connectivity index (χ1n) is 9.34. The zero-order valence-electron chi connectivity index (χ0n) is 16.1. The molecular weight excluding hydrogens is 402 g/mol. The molecule has 1 saturated heterocycles. The van der Waals surface area contributed by atoms with Crippen LogP contribution < -0.4 is 4.90 Å². The van der Waals surface area contributed by atoms with Gasteiger partial charge in [0.25, 0.3) is 5.91 Å². The minimum absolute atomic E-state index is 0.131. The van der Waals surface area contributed by atoms with Gasteiger partial charge in [0.1, 0.15) is 4.88 Å². The third-order valence-electron chi connectivity index (χ3n) is 5.30. The van der Waals surface area contributed by atoms with Crippen molar-refractivity contribution < 1.29 is 24.2 Å². The molecule has 6 nitrogen and oxygen atoms in total. The van der Waals surface area contributed by atoms with E-state index in [1.165, 1.54) is 13.2 Å². The molecule has 2 amide bonds. The van der Waals surface area contributed by atoms with Gasteiger partial charge in [-0.05, 0) is 29.0 Å². The second-order valence-corrected chi connectivity index (χ2v) is 7.90. The van der Waals surface area contributed by atoms with Crippen molar-refractivity contribution in [2.45, 2.75) is 12.0 Å². The summed E-state index contributed by atoms with van der Waals surface area (Å²) in [4.78, 5) is 40.2. The molecule has 0 unspecified atom stereocenters. The van der Waals surface area contributed by atoms with Crippen molar-refractivity contribution in [3.05, 3.63) is 88.1 Å². The molecule has 30 heavy (non-hydrogen) atoms. The van der Waals surface area contributed by atoms with Gasteiger partial charge in [-0.1, -0.05) is 60.7 Å². The van der Waals surface area contributed by atoms with Crippen molar-refractivity contribution >= 4 is 34.8 Å². The highest BCUT2D eigenvalue weighted by atomic mass is 32.1.